The monoisotopic (exact) mass is 430 g/mol. The maximum absolute atomic E-state index is 13.3. The molecule has 0 aromatic heterocycles. The van der Waals surface area contributed by atoms with Crippen molar-refractivity contribution >= 4 is 11.8 Å². The van der Waals surface area contributed by atoms with Crippen LogP contribution in [0.5, 0.6) is 11.5 Å². The highest BCUT2D eigenvalue weighted by Crippen LogP contribution is 2.26. The van der Waals surface area contributed by atoms with Crippen LogP contribution in [0.1, 0.15) is 39.7 Å². The van der Waals surface area contributed by atoms with Crippen LogP contribution < -0.4 is 14.8 Å². The molecule has 2 amide bonds. The molecule has 0 saturated carbocycles. The molecule has 2 aromatic rings. The van der Waals surface area contributed by atoms with Crippen molar-refractivity contribution in [1.82, 2.24) is 10.2 Å². The molecule has 31 heavy (non-hydrogen) atoms. The Bertz CT molecular complexity index is 878. The van der Waals surface area contributed by atoms with Crippen LogP contribution in [0.25, 0.3) is 0 Å². The van der Waals surface area contributed by atoms with E-state index in [0.717, 1.165) is 0 Å². The highest BCUT2D eigenvalue weighted by molar-refractivity contribution is 5.88. The largest absolute Gasteiger partial charge is 0.493 e. The van der Waals surface area contributed by atoms with Crippen molar-refractivity contribution in [3.05, 3.63) is 59.9 Å². The second kappa shape index (κ2) is 10.8. The first-order valence-corrected chi connectivity index (χ1v) is 10.3. The van der Waals surface area contributed by atoms with Crippen molar-refractivity contribution in [3.63, 3.8) is 0 Å². The maximum atomic E-state index is 13.3. The average molecular weight is 431 g/mol. The Kier molecular flexibility index (Phi) is 8.42. The average Bonchev–Trinajstić information content (AvgIpc) is 2.72. The molecule has 0 unspecified atom stereocenters. The van der Waals surface area contributed by atoms with Crippen molar-refractivity contribution in [2.75, 3.05) is 13.7 Å². The van der Waals surface area contributed by atoms with E-state index in [1.807, 2.05) is 27.7 Å². The van der Waals surface area contributed by atoms with Crippen molar-refractivity contribution in [2.24, 2.45) is 0 Å². The highest BCUT2D eigenvalue weighted by Gasteiger charge is 2.31. The van der Waals surface area contributed by atoms with Gasteiger partial charge in [-0.1, -0.05) is 31.2 Å². The molecule has 0 aliphatic carbocycles. The third-order valence-corrected chi connectivity index (χ3v) is 4.57. The third-order valence-electron chi connectivity index (χ3n) is 4.57. The molecule has 0 saturated heterocycles. The van der Waals surface area contributed by atoms with Crippen LogP contribution in [0.2, 0.25) is 0 Å². The van der Waals surface area contributed by atoms with Crippen LogP contribution in [-0.2, 0) is 16.1 Å². The molecule has 2 aromatic carbocycles. The smallest absolute Gasteiger partial charge is 0.261 e. The van der Waals surface area contributed by atoms with Gasteiger partial charge in [-0.2, -0.15) is 0 Å². The molecule has 0 aliphatic rings. The van der Waals surface area contributed by atoms with Gasteiger partial charge in [0.05, 0.1) is 7.11 Å². The summed E-state index contributed by atoms with van der Waals surface area (Å²) in [5.74, 6) is -0.0160. The zero-order valence-corrected chi connectivity index (χ0v) is 18.8. The van der Waals surface area contributed by atoms with Gasteiger partial charge in [-0.3, -0.25) is 9.59 Å². The summed E-state index contributed by atoms with van der Waals surface area (Å²) >= 11 is 0. The Labute approximate surface area is 183 Å². The predicted octanol–water partition coefficient (Wildman–Crippen LogP) is 3.94. The van der Waals surface area contributed by atoms with E-state index in [9.17, 15) is 14.0 Å². The van der Waals surface area contributed by atoms with Gasteiger partial charge in [-0.05, 0) is 57.0 Å². The van der Waals surface area contributed by atoms with E-state index in [4.69, 9.17) is 9.47 Å². The fraction of sp³-hybridized carbons (Fsp3) is 0.417. The van der Waals surface area contributed by atoms with Gasteiger partial charge in [0.1, 0.15) is 11.9 Å². The highest BCUT2D eigenvalue weighted by atomic mass is 19.1. The third kappa shape index (κ3) is 7.27. The Morgan fingerprint density at radius 1 is 1.06 bits per heavy atom. The molecular formula is C24H31FN2O4. The molecule has 7 heteroatoms. The lowest BCUT2D eigenvalue weighted by molar-refractivity contribution is -0.143. The molecule has 6 nitrogen and oxygen atoms in total. The fourth-order valence-corrected chi connectivity index (χ4v) is 3.12. The minimum absolute atomic E-state index is 0.157. The quantitative estimate of drug-likeness (QED) is 0.655. The van der Waals surface area contributed by atoms with Crippen LogP contribution in [0.4, 0.5) is 4.39 Å². The lowest BCUT2D eigenvalue weighted by Crippen LogP contribution is -2.54. The number of hydrogen-bond acceptors (Lipinski definition) is 4. The molecule has 1 atom stereocenters. The lowest BCUT2D eigenvalue weighted by atomic mass is 10.1. The van der Waals surface area contributed by atoms with Crippen molar-refractivity contribution in [3.8, 4) is 11.5 Å². The summed E-state index contributed by atoms with van der Waals surface area (Å²) in [6, 6.07) is 12.2. The van der Waals surface area contributed by atoms with E-state index >= 15 is 0 Å². The van der Waals surface area contributed by atoms with Gasteiger partial charge in [0.2, 0.25) is 5.91 Å². The number of amides is 2. The van der Waals surface area contributed by atoms with Crippen LogP contribution in [0.15, 0.2) is 48.5 Å². The topological polar surface area (TPSA) is 67.9 Å². The number of nitrogens with one attached hydrogen (secondary N) is 1. The summed E-state index contributed by atoms with van der Waals surface area (Å²) in [6.45, 7) is 7.39. The number of carbonyl (C=O) groups excluding carboxylic acids is 2. The second-order valence-corrected chi connectivity index (χ2v) is 8.25. The van der Waals surface area contributed by atoms with Gasteiger partial charge >= 0.3 is 0 Å². The zero-order chi connectivity index (χ0) is 23.0. The van der Waals surface area contributed by atoms with E-state index in [2.05, 4.69) is 5.32 Å². The summed E-state index contributed by atoms with van der Waals surface area (Å²) in [5, 5.41) is 2.94. The van der Waals surface area contributed by atoms with E-state index in [1.165, 1.54) is 24.1 Å². The van der Waals surface area contributed by atoms with Crippen LogP contribution in [0, 0.1) is 5.82 Å². The van der Waals surface area contributed by atoms with Gasteiger partial charge < -0.3 is 19.7 Å². The van der Waals surface area contributed by atoms with Crippen molar-refractivity contribution < 1.29 is 23.5 Å². The number of rotatable bonds is 9. The molecule has 168 valence electrons. The molecule has 0 spiro atoms. The summed E-state index contributed by atoms with van der Waals surface area (Å²) in [5.41, 5.74) is 0.275. The molecule has 0 aliphatic heterocycles. The number of para-hydroxylation sites is 2. The molecule has 1 N–H and O–H groups in total. The Morgan fingerprint density at radius 3 is 2.23 bits per heavy atom. The normalized spacial score (nSPS) is 12.1. The predicted molar refractivity (Wildman–Crippen MR) is 117 cm³/mol. The van der Waals surface area contributed by atoms with Crippen LogP contribution >= 0.6 is 0 Å². The summed E-state index contributed by atoms with van der Waals surface area (Å²) < 4.78 is 24.3. The lowest BCUT2D eigenvalue weighted by Gasteiger charge is -2.33. The first-order valence-electron chi connectivity index (χ1n) is 10.3. The summed E-state index contributed by atoms with van der Waals surface area (Å²) in [4.78, 5) is 27.6. The molecule has 0 fully saturated rings. The number of benzene rings is 2. The van der Waals surface area contributed by atoms with Crippen molar-refractivity contribution in [1.29, 1.82) is 0 Å². The number of hydrogen-bond donors (Lipinski definition) is 1. The minimum Gasteiger partial charge on any atom is -0.493 e. The standard InChI is InChI=1S/C24H31FN2O4/c1-6-19(23(29)26-24(2,3)4)27(15-17-11-13-18(25)14-12-17)22(28)16-31-21-10-8-7-9-20(21)30-5/h7-14,19H,6,15-16H2,1-5H3,(H,26,29)/t19-/m1/s1. The SMILES string of the molecule is CC[C@H](C(=O)NC(C)(C)C)N(Cc1ccc(F)cc1)C(=O)COc1ccccc1OC. The van der Waals surface area contributed by atoms with E-state index < -0.39 is 11.6 Å². The summed E-state index contributed by atoms with van der Waals surface area (Å²) in [7, 11) is 1.52. The van der Waals surface area contributed by atoms with Crippen LogP contribution in [-0.4, -0.2) is 42.0 Å². The number of ether oxygens (including phenoxy) is 2. The number of methoxy groups -OCH3 is 1. The van der Waals surface area contributed by atoms with Crippen molar-refractivity contribution in [2.45, 2.75) is 52.2 Å². The Hall–Kier alpha value is -3.09. The molecule has 2 rings (SSSR count). The van der Waals surface area contributed by atoms with Gasteiger partial charge in [0.25, 0.3) is 5.91 Å². The van der Waals surface area contributed by atoms with E-state index in [0.29, 0.717) is 23.5 Å². The Morgan fingerprint density at radius 2 is 1.68 bits per heavy atom. The summed E-state index contributed by atoms with van der Waals surface area (Å²) in [6.07, 6.45) is 0.420. The fourth-order valence-electron chi connectivity index (χ4n) is 3.12. The first kappa shape index (κ1) is 24.2. The molecule has 0 bridgehead atoms. The minimum atomic E-state index is -0.696. The number of nitrogens with zero attached hydrogens (tertiary/aromatic N) is 1. The number of carbonyl (C=O) groups is 2. The van der Waals surface area contributed by atoms with Gasteiger partial charge in [0.15, 0.2) is 18.1 Å². The van der Waals surface area contributed by atoms with Gasteiger partial charge in [-0.15, -0.1) is 0 Å². The Balaban J connectivity index is 2.25. The van der Waals surface area contributed by atoms with Gasteiger partial charge in [-0.25, -0.2) is 4.39 Å². The van der Waals surface area contributed by atoms with E-state index in [1.54, 1.807) is 36.4 Å². The number of halogens is 1. The van der Waals surface area contributed by atoms with Gasteiger partial charge in [0, 0.05) is 12.1 Å². The van der Waals surface area contributed by atoms with E-state index in [-0.39, 0.29) is 30.8 Å². The first-order chi connectivity index (χ1) is 14.6. The second-order valence-electron chi connectivity index (χ2n) is 8.25. The zero-order valence-electron chi connectivity index (χ0n) is 18.8. The van der Waals surface area contributed by atoms with Crippen LogP contribution in [0.3, 0.4) is 0 Å². The molecule has 0 heterocycles. The molecule has 0 radical (unpaired) electrons. The molecular weight excluding hydrogens is 399 g/mol. The maximum Gasteiger partial charge on any atom is 0.261 e.